The van der Waals surface area contributed by atoms with Crippen molar-refractivity contribution in [3.8, 4) is 5.88 Å². The van der Waals surface area contributed by atoms with Gasteiger partial charge in [-0.2, -0.15) is 0 Å². The van der Waals surface area contributed by atoms with Crippen molar-refractivity contribution < 1.29 is 4.74 Å². The van der Waals surface area contributed by atoms with E-state index >= 15 is 0 Å². The second-order valence-electron chi connectivity index (χ2n) is 4.66. The van der Waals surface area contributed by atoms with Crippen LogP contribution in [0, 0.1) is 5.92 Å². The van der Waals surface area contributed by atoms with E-state index in [0.29, 0.717) is 12.5 Å². The summed E-state index contributed by atoms with van der Waals surface area (Å²) in [5, 5.41) is 0. The van der Waals surface area contributed by atoms with Gasteiger partial charge in [-0.25, -0.2) is 9.97 Å². The van der Waals surface area contributed by atoms with E-state index in [2.05, 4.69) is 14.9 Å². The molecule has 1 aliphatic heterocycles. The minimum Gasteiger partial charge on any atom is -0.478 e. The minimum atomic E-state index is 0.634. The summed E-state index contributed by atoms with van der Waals surface area (Å²) in [7, 11) is 0. The molecule has 5 heteroatoms. The van der Waals surface area contributed by atoms with Gasteiger partial charge in [-0.3, -0.25) is 0 Å². The van der Waals surface area contributed by atoms with Crippen molar-refractivity contribution in [2.75, 3.05) is 31.1 Å². The summed E-state index contributed by atoms with van der Waals surface area (Å²) in [5.74, 6) is 2.41. The third-order valence-electron chi connectivity index (χ3n) is 3.43. The molecule has 0 unspecified atom stereocenters. The first-order valence-electron chi connectivity index (χ1n) is 6.73. The summed E-state index contributed by atoms with van der Waals surface area (Å²) in [5.41, 5.74) is 5.61. The third kappa shape index (κ3) is 3.32. The Hall–Kier alpha value is -1.36. The van der Waals surface area contributed by atoms with Crippen LogP contribution >= 0.6 is 0 Å². The highest BCUT2D eigenvalue weighted by molar-refractivity contribution is 5.41. The molecule has 100 valence electrons. The monoisotopic (exact) mass is 250 g/mol. The number of nitrogens with zero attached hydrogens (tertiary/aromatic N) is 3. The number of rotatable bonds is 5. The average molecular weight is 250 g/mol. The molecule has 1 aromatic heterocycles. The van der Waals surface area contributed by atoms with Gasteiger partial charge in [0.1, 0.15) is 12.1 Å². The topological polar surface area (TPSA) is 64.3 Å². The van der Waals surface area contributed by atoms with Crippen molar-refractivity contribution >= 4 is 5.82 Å². The van der Waals surface area contributed by atoms with Gasteiger partial charge in [-0.05, 0) is 38.6 Å². The zero-order chi connectivity index (χ0) is 12.8. The smallest absolute Gasteiger partial charge is 0.218 e. The number of aromatic nitrogens is 2. The molecule has 0 saturated carbocycles. The van der Waals surface area contributed by atoms with Gasteiger partial charge in [0.15, 0.2) is 0 Å². The second kappa shape index (κ2) is 6.54. The molecule has 0 atom stereocenters. The number of anilines is 1. The summed E-state index contributed by atoms with van der Waals surface area (Å²) >= 11 is 0. The molecule has 1 aromatic rings. The van der Waals surface area contributed by atoms with Crippen molar-refractivity contribution in [2.24, 2.45) is 11.7 Å². The summed E-state index contributed by atoms with van der Waals surface area (Å²) < 4.78 is 5.40. The molecule has 2 rings (SSSR count). The first-order valence-corrected chi connectivity index (χ1v) is 6.73. The maximum atomic E-state index is 5.61. The highest BCUT2D eigenvalue weighted by Crippen LogP contribution is 2.24. The molecule has 0 aliphatic carbocycles. The van der Waals surface area contributed by atoms with Gasteiger partial charge in [0.2, 0.25) is 5.88 Å². The molecule has 0 spiro atoms. The predicted molar refractivity (Wildman–Crippen MR) is 71.8 cm³/mol. The summed E-state index contributed by atoms with van der Waals surface area (Å²) in [6.45, 7) is 5.49. The second-order valence-corrected chi connectivity index (χ2v) is 4.66. The number of piperidine rings is 1. The van der Waals surface area contributed by atoms with Gasteiger partial charge < -0.3 is 15.4 Å². The van der Waals surface area contributed by atoms with Crippen LogP contribution in [0.2, 0.25) is 0 Å². The highest BCUT2D eigenvalue weighted by Gasteiger charge is 2.19. The maximum Gasteiger partial charge on any atom is 0.218 e. The van der Waals surface area contributed by atoms with Gasteiger partial charge in [0.05, 0.1) is 6.61 Å². The van der Waals surface area contributed by atoms with E-state index in [1.54, 1.807) is 6.33 Å². The Morgan fingerprint density at radius 2 is 2.17 bits per heavy atom. The molecule has 0 radical (unpaired) electrons. The molecule has 5 nitrogen and oxygen atoms in total. The fraction of sp³-hybridized carbons (Fsp3) is 0.692. The lowest BCUT2D eigenvalue weighted by molar-refractivity contribution is 0.325. The summed E-state index contributed by atoms with van der Waals surface area (Å²) in [6.07, 6.45) is 5.12. The normalized spacial score (nSPS) is 16.9. The van der Waals surface area contributed by atoms with Crippen LogP contribution in [0.15, 0.2) is 12.4 Å². The fourth-order valence-electron chi connectivity index (χ4n) is 2.42. The molecule has 0 amide bonds. The average Bonchev–Trinajstić information content (AvgIpc) is 2.41. The largest absolute Gasteiger partial charge is 0.478 e. The SMILES string of the molecule is CCOc1cc(N2CCC(CCN)CC2)ncn1. The lowest BCUT2D eigenvalue weighted by atomic mass is 9.94. The van der Waals surface area contributed by atoms with E-state index in [1.807, 2.05) is 13.0 Å². The van der Waals surface area contributed by atoms with E-state index in [9.17, 15) is 0 Å². The van der Waals surface area contributed by atoms with Crippen LogP contribution in [0.4, 0.5) is 5.82 Å². The Bertz CT molecular complexity index is 364. The number of hydrogen-bond acceptors (Lipinski definition) is 5. The fourth-order valence-corrected chi connectivity index (χ4v) is 2.42. The van der Waals surface area contributed by atoms with E-state index in [-0.39, 0.29) is 0 Å². The third-order valence-corrected chi connectivity index (χ3v) is 3.43. The lowest BCUT2D eigenvalue weighted by Crippen LogP contribution is -2.34. The van der Waals surface area contributed by atoms with Crippen molar-refractivity contribution in [3.63, 3.8) is 0 Å². The first kappa shape index (κ1) is 13.1. The Kier molecular flexibility index (Phi) is 4.75. The van der Waals surface area contributed by atoms with Crippen LogP contribution in [0.5, 0.6) is 5.88 Å². The van der Waals surface area contributed by atoms with E-state index < -0.39 is 0 Å². The molecular weight excluding hydrogens is 228 g/mol. The maximum absolute atomic E-state index is 5.61. The molecule has 1 fully saturated rings. The van der Waals surface area contributed by atoms with Crippen LogP contribution in [0.1, 0.15) is 26.2 Å². The lowest BCUT2D eigenvalue weighted by Gasteiger charge is -2.32. The molecule has 0 bridgehead atoms. The Balaban J connectivity index is 1.94. The van der Waals surface area contributed by atoms with Gasteiger partial charge in [-0.15, -0.1) is 0 Å². The van der Waals surface area contributed by atoms with Gasteiger partial charge >= 0.3 is 0 Å². The first-order chi connectivity index (χ1) is 8.83. The van der Waals surface area contributed by atoms with Crippen molar-refractivity contribution in [2.45, 2.75) is 26.2 Å². The number of ether oxygens (including phenoxy) is 1. The molecule has 18 heavy (non-hydrogen) atoms. The van der Waals surface area contributed by atoms with E-state index in [4.69, 9.17) is 10.5 Å². The van der Waals surface area contributed by atoms with Gasteiger partial charge in [0, 0.05) is 19.2 Å². The number of nitrogens with two attached hydrogens (primary N) is 1. The van der Waals surface area contributed by atoms with Crippen LogP contribution in [0.25, 0.3) is 0 Å². The van der Waals surface area contributed by atoms with E-state index in [1.165, 1.54) is 12.8 Å². The van der Waals surface area contributed by atoms with Crippen LogP contribution in [-0.2, 0) is 0 Å². The van der Waals surface area contributed by atoms with Gasteiger partial charge in [-0.1, -0.05) is 0 Å². The predicted octanol–water partition coefficient (Wildman–Crippen LogP) is 1.44. The molecule has 2 N–H and O–H groups in total. The Morgan fingerprint density at radius 1 is 1.39 bits per heavy atom. The summed E-state index contributed by atoms with van der Waals surface area (Å²) in [6, 6.07) is 1.92. The van der Waals surface area contributed by atoms with Crippen molar-refractivity contribution in [1.82, 2.24) is 9.97 Å². The molecular formula is C13H22N4O. The summed E-state index contributed by atoms with van der Waals surface area (Å²) in [4.78, 5) is 10.7. The van der Waals surface area contributed by atoms with Crippen LogP contribution in [0.3, 0.4) is 0 Å². The molecule has 1 aliphatic rings. The number of hydrogen-bond donors (Lipinski definition) is 1. The van der Waals surface area contributed by atoms with Gasteiger partial charge in [0.25, 0.3) is 0 Å². The standard InChI is InChI=1S/C13H22N4O/c1-2-18-13-9-12(15-10-16-13)17-7-4-11(3-6-14)5-8-17/h9-11H,2-8,14H2,1H3. The quantitative estimate of drug-likeness (QED) is 0.856. The minimum absolute atomic E-state index is 0.634. The van der Waals surface area contributed by atoms with Crippen molar-refractivity contribution in [3.05, 3.63) is 12.4 Å². The molecule has 1 saturated heterocycles. The zero-order valence-corrected chi connectivity index (χ0v) is 11.0. The van der Waals surface area contributed by atoms with Crippen molar-refractivity contribution in [1.29, 1.82) is 0 Å². The Labute approximate surface area is 108 Å². The molecule has 0 aromatic carbocycles. The van der Waals surface area contributed by atoms with Crippen LogP contribution < -0.4 is 15.4 Å². The molecule has 2 heterocycles. The highest BCUT2D eigenvalue weighted by atomic mass is 16.5. The van der Waals surface area contributed by atoms with Crippen LogP contribution in [-0.4, -0.2) is 36.2 Å². The zero-order valence-electron chi connectivity index (χ0n) is 11.0. The van der Waals surface area contributed by atoms with E-state index in [0.717, 1.165) is 37.8 Å². The Morgan fingerprint density at radius 3 is 2.83 bits per heavy atom.